The fourth-order valence-corrected chi connectivity index (χ4v) is 4.61. The summed E-state index contributed by atoms with van der Waals surface area (Å²) < 4.78 is 1.74. The average molecular weight is 402 g/mol. The van der Waals surface area contributed by atoms with Crippen LogP contribution in [0.3, 0.4) is 0 Å². The van der Waals surface area contributed by atoms with Crippen LogP contribution in [0.1, 0.15) is 30.4 Å². The summed E-state index contributed by atoms with van der Waals surface area (Å²) in [5.74, 6) is 0.616. The lowest BCUT2D eigenvalue weighted by Crippen LogP contribution is -2.37. The van der Waals surface area contributed by atoms with Crippen molar-refractivity contribution in [3.63, 3.8) is 0 Å². The summed E-state index contributed by atoms with van der Waals surface area (Å²) in [5, 5.41) is 0. The molecule has 0 bridgehead atoms. The predicted octanol–water partition coefficient (Wildman–Crippen LogP) is 2.97. The molecule has 2 aromatic carbocycles. The number of aryl methyl sites for hydroxylation is 1. The zero-order chi connectivity index (χ0) is 20.5. The second-order valence-electron chi connectivity index (χ2n) is 8.16. The summed E-state index contributed by atoms with van der Waals surface area (Å²) >= 11 is 0. The van der Waals surface area contributed by atoms with E-state index in [2.05, 4.69) is 28.1 Å². The predicted molar refractivity (Wildman–Crippen MR) is 118 cm³/mol. The first kappa shape index (κ1) is 18.9. The van der Waals surface area contributed by atoms with Gasteiger partial charge in [-0.05, 0) is 42.5 Å². The van der Waals surface area contributed by atoms with Crippen LogP contribution in [0.5, 0.6) is 0 Å². The highest BCUT2D eigenvalue weighted by Gasteiger charge is 2.23. The number of amides is 1. The van der Waals surface area contributed by atoms with Gasteiger partial charge in [-0.15, -0.1) is 0 Å². The van der Waals surface area contributed by atoms with Crippen LogP contribution in [0.2, 0.25) is 0 Å². The molecule has 0 unspecified atom stereocenters. The molecule has 154 valence electrons. The van der Waals surface area contributed by atoms with Crippen molar-refractivity contribution < 1.29 is 4.79 Å². The minimum absolute atomic E-state index is 0.0904. The van der Waals surface area contributed by atoms with E-state index < -0.39 is 0 Å². The molecule has 2 aliphatic rings. The second-order valence-corrected chi connectivity index (χ2v) is 8.16. The van der Waals surface area contributed by atoms with Crippen molar-refractivity contribution in [2.24, 2.45) is 0 Å². The van der Waals surface area contributed by atoms with Gasteiger partial charge in [0.2, 0.25) is 5.91 Å². The van der Waals surface area contributed by atoms with Gasteiger partial charge in [0.05, 0.1) is 11.0 Å². The van der Waals surface area contributed by atoms with Crippen molar-refractivity contribution in [2.45, 2.75) is 38.8 Å². The van der Waals surface area contributed by atoms with Gasteiger partial charge in [-0.25, -0.2) is 4.98 Å². The number of hydrogen-bond acceptors (Lipinski definition) is 4. The first-order chi connectivity index (χ1) is 14.7. The number of anilines is 1. The number of nitrogens with zero attached hydrogens (tertiary/aromatic N) is 4. The van der Waals surface area contributed by atoms with Gasteiger partial charge in [-0.2, -0.15) is 0 Å². The molecule has 0 atom stereocenters. The summed E-state index contributed by atoms with van der Waals surface area (Å²) in [6, 6.07) is 16.0. The summed E-state index contributed by atoms with van der Waals surface area (Å²) in [7, 11) is 0. The molecule has 1 amide bonds. The molecule has 0 spiro atoms. The molecule has 0 saturated carbocycles. The molecule has 6 heteroatoms. The number of para-hydroxylation sites is 2. The molecule has 0 aliphatic carbocycles. The van der Waals surface area contributed by atoms with E-state index in [1.165, 1.54) is 11.1 Å². The van der Waals surface area contributed by atoms with Gasteiger partial charge in [0, 0.05) is 39.1 Å². The van der Waals surface area contributed by atoms with Gasteiger partial charge in [0.1, 0.15) is 0 Å². The Kier molecular flexibility index (Phi) is 4.99. The number of fused-ring (bicyclic) bond motifs is 2. The van der Waals surface area contributed by atoms with E-state index in [4.69, 9.17) is 0 Å². The fraction of sp³-hybridized carbons (Fsp3) is 0.375. The van der Waals surface area contributed by atoms with Crippen LogP contribution in [-0.4, -0.2) is 40.0 Å². The minimum Gasteiger partial charge on any atom is -0.352 e. The topological polar surface area (TPSA) is 58.4 Å². The highest BCUT2D eigenvalue weighted by molar-refractivity contribution is 5.78. The number of benzene rings is 2. The Morgan fingerprint density at radius 2 is 1.67 bits per heavy atom. The van der Waals surface area contributed by atoms with Crippen molar-refractivity contribution in [3.05, 3.63) is 70.0 Å². The van der Waals surface area contributed by atoms with Gasteiger partial charge in [0.15, 0.2) is 5.82 Å². The number of aromatic nitrogens is 2. The second kappa shape index (κ2) is 7.94. The number of hydrogen-bond donors (Lipinski definition) is 0. The normalized spacial score (nSPS) is 16.1. The molecule has 6 nitrogen and oxygen atoms in total. The monoisotopic (exact) mass is 402 g/mol. The molecule has 30 heavy (non-hydrogen) atoms. The average Bonchev–Trinajstić information content (AvgIpc) is 3.32. The van der Waals surface area contributed by atoms with Crippen LogP contribution in [0.4, 0.5) is 5.82 Å². The van der Waals surface area contributed by atoms with Crippen LogP contribution in [0, 0.1) is 0 Å². The summed E-state index contributed by atoms with van der Waals surface area (Å²) in [6.45, 7) is 3.50. The quantitative estimate of drug-likeness (QED) is 0.673. The van der Waals surface area contributed by atoms with Crippen LogP contribution in [0.15, 0.2) is 53.3 Å². The Labute approximate surface area is 175 Å². The van der Waals surface area contributed by atoms with E-state index >= 15 is 0 Å². The highest BCUT2D eigenvalue weighted by atomic mass is 16.2. The van der Waals surface area contributed by atoms with Crippen molar-refractivity contribution in [1.82, 2.24) is 14.5 Å². The van der Waals surface area contributed by atoms with Gasteiger partial charge in [-0.3, -0.25) is 9.59 Å². The van der Waals surface area contributed by atoms with Crippen LogP contribution >= 0.6 is 0 Å². The zero-order valence-corrected chi connectivity index (χ0v) is 17.1. The number of carbonyl (C=O) groups excluding carboxylic acids is 1. The van der Waals surface area contributed by atoms with Crippen molar-refractivity contribution >= 4 is 22.8 Å². The standard InChI is InChI=1S/C24H26N4O2/c29-22(27-15-11-18-7-1-2-8-19(18)17-27)12-16-28-21-10-4-3-9-20(21)25-23(24(28)30)26-13-5-6-14-26/h1-4,7-10H,5-6,11-17H2. The highest BCUT2D eigenvalue weighted by Crippen LogP contribution is 2.21. The minimum atomic E-state index is -0.0904. The van der Waals surface area contributed by atoms with Gasteiger partial charge >= 0.3 is 0 Å². The van der Waals surface area contributed by atoms with Crippen molar-refractivity contribution in [3.8, 4) is 0 Å². The molecule has 3 aromatic rings. The zero-order valence-electron chi connectivity index (χ0n) is 17.1. The summed E-state index contributed by atoms with van der Waals surface area (Å²) in [5.41, 5.74) is 4.06. The molecule has 0 N–H and O–H groups in total. The molecular weight excluding hydrogens is 376 g/mol. The first-order valence-corrected chi connectivity index (χ1v) is 10.8. The van der Waals surface area contributed by atoms with Gasteiger partial charge in [-0.1, -0.05) is 36.4 Å². The summed E-state index contributed by atoms with van der Waals surface area (Å²) in [6.07, 6.45) is 3.38. The first-order valence-electron chi connectivity index (χ1n) is 10.8. The van der Waals surface area contributed by atoms with E-state index in [9.17, 15) is 9.59 Å². The maximum absolute atomic E-state index is 13.3. The van der Waals surface area contributed by atoms with E-state index in [1.54, 1.807) is 4.57 Å². The largest absolute Gasteiger partial charge is 0.352 e. The van der Waals surface area contributed by atoms with Crippen LogP contribution in [0.25, 0.3) is 11.0 Å². The van der Waals surface area contributed by atoms with Crippen LogP contribution < -0.4 is 10.5 Å². The van der Waals surface area contributed by atoms with Crippen molar-refractivity contribution in [1.29, 1.82) is 0 Å². The molecule has 5 rings (SSSR count). The molecule has 2 aliphatic heterocycles. The third kappa shape index (κ3) is 3.47. The Morgan fingerprint density at radius 1 is 0.933 bits per heavy atom. The Morgan fingerprint density at radius 3 is 2.50 bits per heavy atom. The Balaban J connectivity index is 1.39. The van der Waals surface area contributed by atoms with Crippen LogP contribution in [-0.2, 0) is 24.3 Å². The SMILES string of the molecule is O=C(CCn1c(=O)c(N2CCCC2)nc2ccccc21)N1CCc2ccccc2C1. The maximum Gasteiger partial charge on any atom is 0.294 e. The van der Waals surface area contributed by atoms with Gasteiger partial charge in [0.25, 0.3) is 5.56 Å². The lowest BCUT2D eigenvalue weighted by atomic mass is 10.00. The smallest absolute Gasteiger partial charge is 0.294 e. The van der Waals surface area contributed by atoms with E-state index in [1.807, 2.05) is 35.2 Å². The number of rotatable bonds is 4. The van der Waals surface area contributed by atoms with E-state index in [0.717, 1.165) is 49.9 Å². The fourth-order valence-electron chi connectivity index (χ4n) is 4.61. The maximum atomic E-state index is 13.3. The molecule has 1 saturated heterocycles. The molecule has 3 heterocycles. The summed E-state index contributed by atoms with van der Waals surface area (Å²) in [4.78, 5) is 34.9. The molecule has 1 fully saturated rings. The van der Waals surface area contributed by atoms with E-state index in [0.29, 0.717) is 25.3 Å². The van der Waals surface area contributed by atoms with Crippen molar-refractivity contribution in [2.75, 3.05) is 24.5 Å². The van der Waals surface area contributed by atoms with Gasteiger partial charge < -0.3 is 14.4 Å². The van der Waals surface area contributed by atoms with E-state index in [-0.39, 0.29) is 11.5 Å². The molecule has 0 radical (unpaired) electrons. The number of carbonyl (C=O) groups is 1. The Bertz CT molecular complexity index is 1150. The lowest BCUT2D eigenvalue weighted by molar-refractivity contribution is -0.132. The molecule has 1 aromatic heterocycles. The Hall–Kier alpha value is -3.15. The third-order valence-corrected chi connectivity index (χ3v) is 6.27. The molecular formula is C24H26N4O2. The lowest BCUT2D eigenvalue weighted by Gasteiger charge is -2.29. The third-order valence-electron chi connectivity index (χ3n) is 6.27.